The normalized spacial score (nSPS) is 12.2. The summed E-state index contributed by atoms with van der Waals surface area (Å²) in [6.45, 7) is 1.68. The van der Waals surface area contributed by atoms with Crippen LogP contribution >= 0.6 is 0 Å². The SMILES string of the molecule is C[C@@H](N)c1cccc(F)c1Oc1cccc(CO)c1. The summed E-state index contributed by atoms with van der Waals surface area (Å²) in [4.78, 5) is 0. The minimum atomic E-state index is -0.454. The van der Waals surface area contributed by atoms with E-state index in [9.17, 15) is 4.39 Å². The second-order valence-electron chi connectivity index (χ2n) is 4.35. The average Bonchev–Trinajstić information content (AvgIpc) is 2.41. The Morgan fingerprint density at radius 3 is 2.68 bits per heavy atom. The van der Waals surface area contributed by atoms with Crippen LogP contribution in [-0.4, -0.2) is 5.11 Å². The maximum atomic E-state index is 13.8. The minimum Gasteiger partial charge on any atom is -0.454 e. The third-order valence-electron chi connectivity index (χ3n) is 2.79. The Hall–Kier alpha value is -1.91. The highest BCUT2D eigenvalue weighted by Gasteiger charge is 2.14. The molecular formula is C15H16FNO2. The second kappa shape index (κ2) is 5.82. The van der Waals surface area contributed by atoms with E-state index in [1.54, 1.807) is 43.3 Å². The van der Waals surface area contributed by atoms with E-state index in [1.165, 1.54) is 6.07 Å². The van der Waals surface area contributed by atoms with Gasteiger partial charge in [-0.15, -0.1) is 0 Å². The van der Waals surface area contributed by atoms with E-state index in [0.717, 1.165) is 0 Å². The summed E-state index contributed by atoms with van der Waals surface area (Å²) >= 11 is 0. The summed E-state index contributed by atoms with van der Waals surface area (Å²) < 4.78 is 19.4. The van der Waals surface area contributed by atoms with Gasteiger partial charge >= 0.3 is 0 Å². The van der Waals surface area contributed by atoms with Crippen molar-refractivity contribution >= 4 is 0 Å². The Labute approximate surface area is 111 Å². The summed E-state index contributed by atoms with van der Waals surface area (Å²) in [6, 6.07) is 11.2. The van der Waals surface area contributed by atoms with E-state index < -0.39 is 5.82 Å². The predicted molar refractivity (Wildman–Crippen MR) is 71.4 cm³/mol. The lowest BCUT2D eigenvalue weighted by Crippen LogP contribution is -2.07. The standard InChI is InChI=1S/C15H16FNO2/c1-10(17)13-6-3-7-14(16)15(13)19-12-5-2-4-11(8-12)9-18/h2-8,10,18H,9,17H2,1H3/t10-/m1/s1. The lowest BCUT2D eigenvalue weighted by molar-refractivity contribution is 0.281. The van der Waals surface area contributed by atoms with Crippen molar-refractivity contribution in [1.82, 2.24) is 0 Å². The molecule has 2 aromatic rings. The zero-order chi connectivity index (χ0) is 13.8. The van der Waals surface area contributed by atoms with E-state index in [-0.39, 0.29) is 18.4 Å². The molecule has 0 saturated carbocycles. The molecule has 0 spiro atoms. The molecule has 3 N–H and O–H groups in total. The number of aliphatic hydroxyl groups excluding tert-OH is 1. The lowest BCUT2D eigenvalue weighted by atomic mass is 10.1. The highest BCUT2D eigenvalue weighted by atomic mass is 19.1. The van der Waals surface area contributed by atoms with E-state index in [4.69, 9.17) is 15.6 Å². The van der Waals surface area contributed by atoms with Gasteiger partial charge in [0.05, 0.1) is 6.61 Å². The van der Waals surface area contributed by atoms with Crippen LogP contribution in [-0.2, 0) is 6.61 Å². The van der Waals surface area contributed by atoms with E-state index >= 15 is 0 Å². The van der Waals surface area contributed by atoms with E-state index in [1.807, 2.05) is 0 Å². The number of para-hydroxylation sites is 1. The van der Waals surface area contributed by atoms with Crippen LogP contribution in [0.15, 0.2) is 42.5 Å². The Bertz CT molecular complexity index is 570. The number of nitrogens with two attached hydrogens (primary N) is 1. The van der Waals surface area contributed by atoms with Gasteiger partial charge in [0.1, 0.15) is 5.75 Å². The van der Waals surface area contributed by atoms with Crippen LogP contribution < -0.4 is 10.5 Å². The highest BCUT2D eigenvalue weighted by Crippen LogP contribution is 2.31. The summed E-state index contributed by atoms with van der Waals surface area (Å²) in [5.41, 5.74) is 7.12. The Morgan fingerprint density at radius 1 is 1.26 bits per heavy atom. The van der Waals surface area contributed by atoms with E-state index in [0.29, 0.717) is 16.9 Å². The molecule has 2 rings (SSSR count). The van der Waals surface area contributed by atoms with Crippen LogP contribution in [0.5, 0.6) is 11.5 Å². The van der Waals surface area contributed by atoms with Crippen LogP contribution in [0.1, 0.15) is 24.1 Å². The molecule has 0 amide bonds. The molecule has 1 atom stereocenters. The molecule has 0 radical (unpaired) electrons. The van der Waals surface area contributed by atoms with Gasteiger partial charge in [0.2, 0.25) is 0 Å². The molecule has 0 saturated heterocycles. The van der Waals surface area contributed by atoms with Crippen molar-refractivity contribution in [2.75, 3.05) is 0 Å². The summed E-state index contributed by atoms with van der Waals surface area (Å²) in [5, 5.41) is 9.08. The zero-order valence-electron chi connectivity index (χ0n) is 10.6. The van der Waals surface area contributed by atoms with Gasteiger partial charge < -0.3 is 15.6 Å². The number of rotatable bonds is 4. The fraction of sp³-hybridized carbons (Fsp3) is 0.200. The highest BCUT2D eigenvalue weighted by molar-refractivity contribution is 5.41. The van der Waals surface area contributed by atoms with Gasteiger partial charge in [0, 0.05) is 11.6 Å². The molecule has 19 heavy (non-hydrogen) atoms. The maximum absolute atomic E-state index is 13.8. The summed E-state index contributed by atoms with van der Waals surface area (Å²) in [7, 11) is 0. The number of benzene rings is 2. The first kappa shape index (κ1) is 13.5. The Morgan fingerprint density at radius 2 is 2.00 bits per heavy atom. The van der Waals surface area contributed by atoms with Gasteiger partial charge in [-0.25, -0.2) is 4.39 Å². The molecule has 0 heterocycles. The van der Waals surface area contributed by atoms with Crippen LogP contribution in [0.2, 0.25) is 0 Å². The zero-order valence-corrected chi connectivity index (χ0v) is 10.6. The third kappa shape index (κ3) is 3.10. The van der Waals surface area contributed by atoms with Gasteiger partial charge in [-0.3, -0.25) is 0 Å². The van der Waals surface area contributed by atoms with Crippen LogP contribution in [0.4, 0.5) is 4.39 Å². The molecule has 0 aliphatic rings. The fourth-order valence-electron chi connectivity index (χ4n) is 1.82. The molecule has 0 aliphatic heterocycles. The van der Waals surface area contributed by atoms with Crippen molar-refractivity contribution in [1.29, 1.82) is 0 Å². The quantitative estimate of drug-likeness (QED) is 0.889. The monoisotopic (exact) mass is 261 g/mol. The number of hydrogen-bond donors (Lipinski definition) is 2. The maximum Gasteiger partial charge on any atom is 0.167 e. The van der Waals surface area contributed by atoms with Gasteiger partial charge in [-0.05, 0) is 30.7 Å². The van der Waals surface area contributed by atoms with Crippen LogP contribution in [0, 0.1) is 5.82 Å². The van der Waals surface area contributed by atoms with Gasteiger partial charge in [0.25, 0.3) is 0 Å². The first-order valence-electron chi connectivity index (χ1n) is 6.03. The van der Waals surface area contributed by atoms with E-state index in [2.05, 4.69) is 0 Å². The molecule has 3 nitrogen and oxygen atoms in total. The Kier molecular flexibility index (Phi) is 4.14. The van der Waals surface area contributed by atoms with Crippen molar-refractivity contribution in [2.24, 2.45) is 5.73 Å². The van der Waals surface area contributed by atoms with Crippen molar-refractivity contribution < 1.29 is 14.2 Å². The molecule has 100 valence electrons. The number of aliphatic hydroxyl groups is 1. The second-order valence-corrected chi connectivity index (χ2v) is 4.35. The molecule has 0 bridgehead atoms. The topological polar surface area (TPSA) is 55.5 Å². The first-order chi connectivity index (χ1) is 9.11. The smallest absolute Gasteiger partial charge is 0.167 e. The van der Waals surface area contributed by atoms with Gasteiger partial charge in [-0.2, -0.15) is 0 Å². The molecule has 0 aliphatic carbocycles. The minimum absolute atomic E-state index is 0.0887. The summed E-state index contributed by atoms with van der Waals surface area (Å²) in [6.07, 6.45) is 0. The third-order valence-corrected chi connectivity index (χ3v) is 2.79. The number of halogens is 1. The molecule has 0 fully saturated rings. The van der Waals surface area contributed by atoms with Crippen molar-refractivity contribution in [3.8, 4) is 11.5 Å². The number of hydrogen-bond acceptors (Lipinski definition) is 3. The number of ether oxygens (including phenoxy) is 1. The van der Waals surface area contributed by atoms with Crippen molar-refractivity contribution in [3.63, 3.8) is 0 Å². The molecule has 2 aromatic carbocycles. The van der Waals surface area contributed by atoms with Gasteiger partial charge in [-0.1, -0.05) is 24.3 Å². The predicted octanol–water partition coefficient (Wildman–Crippen LogP) is 3.13. The first-order valence-corrected chi connectivity index (χ1v) is 6.03. The average molecular weight is 261 g/mol. The van der Waals surface area contributed by atoms with Crippen LogP contribution in [0.3, 0.4) is 0 Å². The fourth-order valence-corrected chi connectivity index (χ4v) is 1.82. The summed E-state index contributed by atoms with van der Waals surface area (Å²) in [5.74, 6) is 0.148. The van der Waals surface area contributed by atoms with Crippen molar-refractivity contribution in [2.45, 2.75) is 19.6 Å². The molecular weight excluding hydrogens is 245 g/mol. The van der Waals surface area contributed by atoms with Gasteiger partial charge in [0.15, 0.2) is 11.6 Å². The lowest BCUT2D eigenvalue weighted by Gasteiger charge is -2.14. The Balaban J connectivity index is 2.37. The molecule has 0 unspecified atom stereocenters. The van der Waals surface area contributed by atoms with Crippen LogP contribution in [0.25, 0.3) is 0 Å². The molecule has 0 aromatic heterocycles. The van der Waals surface area contributed by atoms with Crippen molar-refractivity contribution in [3.05, 3.63) is 59.4 Å². The molecule has 4 heteroatoms. The largest absolute Gasteiger partial charge is 0.454 e.